The molecule has 21 heavy (non-hydrogen) atoms. The number of anilines is 2. The van der Waals surface area contributed by atoms with Crippen molar-refractivity contribution in [3.8, 4) is 0 Å². The Morgan fingerprint density at radius 2 is 1.81 bits per heavy atom. The Morgan fingerprint density at radius 3 is 2.48 bits per heavy atom. The summed E-state index contributed by atoms with van der Waals surface area (Å²) in [6, 6.07) is 8.84. The average Bonchev–Trinajstić information content (AvgIpc) is 2.44. The summed E-state index contributed by atoms with van der Waals surface area (Å²) < 4.78 is 26.7. The Kier molecular flexibility index (Phi) is 4.90. The number of hydrogen-bond donors (Lipinski definition) is 2. The topological polar surface area (TPSA) is 41.1 Å². The van der Waals surface area contributed by atoms with Crippen LogP contribution in [-0.4, -0.2) is 12.5 Å². The van der Waals surface area contributed by atoms with Crippen molar-refractivity contribution in [3.63, 3.8) is 0 Å². The van der Waals surface area contributed by atoms with Crippen molar-refractivity contribution in [3.05, 3.63) is 58.1 Å². The number of amides is 1. The lowest BCUT2D eigenvalue weighted by atomic mass is 10.2. The molecule has 0 saturated carbocycles. The number of aryl methyl sites for hydroxylation is 1. The average molecular weight is 355 g/mol. The fourth-order valence-electron chi connectivity index (χ4n) is 1.66. The Labute approximate surface area is 129 Å². The first-order chi connectivity index (χ1) is 9.95. The smallest absolute Gasteiger partial charge is 0.243 e. The Hall–Kier alpha value is -1.95. The van der Waals surface area contributed by atoms with Gasteiger partial charge in [-0.15, -0.1) is 0 Å². The molecule has 3 nitrogen and oxygen atoms in total. The molecule has 0 radical (unpaired) electrons. The van der Waals surface area contributed by atoms with E-state index in [9.17, 15) is 13.6 Å². The molecule has 0 aliphatic rings. The summed E-state index contributed by atoms with van der Waals surface area (Å²) >= 11 is 3.38. The fourth-order valence-corrected chi connectivity index (χ4v) is 2.04. The van der Waals surface area contributed by atoms with Crippen LogP contribution >= 0.6 is 15.9 Å². The Balaban J connectivity index is 1.92. The summed E-state index contributed by atoms with van der Waals surface area (Å²) in [5.41, 5.74) is 2.06. The minimum Gasteiger partial charge on any atom is -0.376 e. The standard InChI is InChI=1S/C15H13BrF2N2O/c1-9-2-3-11(6-12(9)16)20-15(21)8-19-10-4-5-13(17)14(18)7-10/h2-7,19H,8H2,1H3,(H,20,21). The van der Waals surface area contributed by atoms with Crippen molar-refractivity contribution in [1.82, 2.24) is 0 Å². The van der Waals surface area contributed by atoms with Gasteiger partial charge in [-0.05, 0) is 36.8 Å². The van der Waals surface area contributed by atoms with Crippen LogP contribution in [-0.2, 0) is 4.79 Å². The van der Waals surface area contributed by atoms with E-state index >= 15 is 0 Å². The maximum atomic E-state index is 13.0. The summed E-state index contributed by atoms with van der Waals surface area (Å²) in [5, 5.41) is 5.44. The second-order valence-electron chi connectivity index (χ2n) is 4.49. The van der Waals surface area contributed by atoms with E-state index < -0.39 is 11.6 Å². The second kappa shape index (κ2) is 6.67. The third-order valence-corrected chi connectivity index (χ3v) is 3.68. The second-order valence-corrected chi connectivity index (χ2v) is 5.35. The monoisotopic (exact) mass is 354 g/mol. The van der Waals surface area contributed by atoms with Gasteiger partial charge in [0.2, 0.25) is 5.91 Å². The number of carbonyl (C=O) groups is 1. The highest BCUT2D eigenvalue weighted by Crippen LogP contribution is 2.20. The fraction of sp³-hybridized carbons (Fsp3) is 0.133. The van der Waals surface area contributed by atoms with Gasteiger partial charge in [0.15, 0.2) is 11.6 Å². The molecule has 0 aromatic heterocycles. The molecule has 0 heterocycles. The summed E-state index contributed by atoms with van der Waals surface area (Å²) in [4.78, 5) is 11.8. The molecule has 0 spiro atoms. The maximum Gasteiger partial charge on any atom is 0.243 e. The van der Waals surface area contributed by atoms with E-state index in [1.807, 2.05) is 13.0 Å². The van der Waals surface area contributed by atoms with E-state index in [1.165, 1.54) is 6.07 Å². The van der Waals surface area contributed by atoms with Gasteiger partial charge in [-0.2, -0.15) is 0 Å². The van der Waals surface area contributed by atoms with Crippen molar-refractivity contribution in [2.75, 3.05) is 17.2 Å². The summed E-state index contributed by atoms with van der Waals surface area (Å²) in [6.07, 6.45) is 0. The minimum atomic E-state index is -0.956. The molecule has 1 amide bonds. The number of halogens is 3. The molecule has 2 aromatic carbocycles. The molecule has 2 aromatic rings. The zero-order valence-corrected chi connectivity index (χ0v) is 12.8. The van der Waals surface area contributed by atoms with Crippen LogP contribution in [0.25, 0.3) is 0 Å². The lowest BCUT2D eigenvalue weighted by Crippen LogP contribution is -2.21. The van der Waals surface area contributed by atoms with Gasteiger partial charge in [0.1, 0.15) is 0 Å². The van der Waals surface area contributed by atoms with Gasteiger partial charge in [-0.25, -0.2) is 8.78 Å². The molecule has 2 N–H and O–H groups in total. The van der Waals surface area contributed by atoms with Crippen LogP contribution in [0.3, 0.4) is 0 Å². The summed E-state index contributed by atoms with van der Waals surface area (Å²) in [6.45, 7) is 1.90. The normalized spacial score (nSPS) is 10.3. The molecule has 0 fully saturated rings. The lowest BCUT2D eigenvalue weighted by molar-refractivity contribution is -0.114. The van der Waals surface area contributed by atoms with Gasteiger partial charge in [0, 0.05) is 21.9 Å². The van der Waals surface area contributed by atoms with Gasteiger partial charge < -0.3 is 10.6 Å². The third kappa shape index (κ3) is 4.26. The van der Waals surface area contributed by atoms with Crippen molar-refractivity contribution in [2.45, 2.75) is 6.92 Å². The predicted octanol–water partition coefficient (Wildman–Crippen LogP) is 4.09. The summed E-state index contributed by atoms with van der Waals surface area (Å²) in [5.74, 6) is -2.16. The van der Waals surface area contributed by atoms with Gasteiger partial charge in [-0.1, -0.05) is 22.0 Å². The van der Waals surface area contributed by atoms with E-state index in [4.69, 9.17) is 0 Å². The van der Waals surface area contributed by atoms with Crippen LogP contribution in [0.4, 0.5) is 20.2 Å². The van der Waals surface area contributed by atoms with E-state index in [1.54, 1.807) is 12.1 Å². The molecule has 6 heteroatoms. The van der Waals surface area contributed by atoms with Crippen LogP contribution in [0.5, 0.6) is 0 Å². The summed E-state index contributed by atoms with van der Waals surface area (Å²) in [7, 11) is 0. The first-order valence-electron chi connectivity index (χ1n) is 6.20. The SMILES string of the molecule is Cc1ccc(NC(=O)CNc2ccc(F)c(F)c2)cc1Br. The van der Waals surface area contributed by atoms with Crippen LogP contribution in [0.15, 0.2) is 40.9 Å². The molecule has 0 unspecified atom stereocenters. The van der Waals surface area contributed by atoms with Gasteiger partial charge >= 0.3 is 0 Å². The highest BCUT2D eigenvalue weighted by Gasteiger charge is 2.06. The number of rotatable bonds is 4. The van der Waals surface area contributed by atoms with E-state index in [-0.39, 0.29) is 12.5 Å². The van der Waals surface area contributed by atoms with Gasteiger partial charge in [0.05, 0.1) is 6.54 Å². The van der Waals surface area contributed by atoms with Crippen LogP contribution < -0.4 is 10.6 Å². The molecule has 110 valence electrons. The van der Waals surface area contributed by atoms with E-state index in [2.05, 4.69) is 26.6 Å². The number of carbonyl (C=O) groups excluding carboxylic acids is 1. The quantitative estimate of drug-likeness (QED) is 0.868. The molecule has 0 aliphatic heterocycles. The zero-order chi connectivity index (χ0) is 15.4. The first kappa shape index (κ1) is 15.4. The maximum absolute atomic E-state index is 13.0. The molecular formula is C15H13BrF2N2O. The van der Waals surface area contributed by atoms with Crippen molar-refractivity contribution < 1.29 is 13.6 Å². The number of hydrogen-bond acceptors (Lipinski definition) is 2. The largest absolute Gasteiger partial charge is 0.376 e. The Bertz CT molecular complexity index is 677. The molecular weight excluding hydrogens is 342 g/mol. The number of nitrogens with one attached hydrogen (secondary N) is 2. The van der Waals surface area contributed by atoms with Crippen molar-refractivity contribution in [2.24, 2.45) is 0 Å². The molecule has 0 bridgehead atoms. The van der Waals surface area contributed by atoms with Crippen LogP contribution in [0, 0.1) is 18.6 Å². The minimum absolute atomic E-state index is 0.0451. The highest BCUT2D eigenvalue weighted by molar-refractivity contribution is 9.10. The first-order valence-corrected chi connectivity index (χ1v) is 7.00. The van der Waals surface area contributed by atoms with Gasteiger partial charge in [-0.3, -0.25) is 4.79 Å². The zero-order valence-electron chi connectivity index (χ0n) is 11.2. The molecule has 0 saturated heterocycles. The number of benzene rings is 2. The van der Waals surface area contributed by atoms with Crippen LogP contribution in [0.2, 0.25) is 0 Å². The predicted molar refractivity (Wildman–Crippen MR) is 82.4 cm³/mol. The van der Waals surface area contributed by atoms with Crippen LogP contribution in [0.1, 0.15) is 5.56 Å². The van der Waals surface area contributed by atoms with E-state index in [0.717, 1.165) is 22.2 Å². The van der Waals surface area contributed by atoms with Gasteiger partial charge in [0.25, 0.3) is 0 Å². The highest BCUT2D eigenvalue weighted by atomic mass is 79.9. The van der Waals surface area contributed by atoms with E-state index in [0.29, 0.717) is 11.4 Å². The lowest BCUT2D eigenvalue weighted by Gasteiger charge is -2.09. The Morgan fingerprint density at radius 1 is 1.10 bits per heavy atom. The molecule has 0 atom stereocenters. The van der Waals surface area contributed by atoms with Crippen molar-refractivity contribution >= 4 is 33.2 Å². The third-order valence-electron chi connectivity index (χ3n) is 2.83. The molecule has 0 aliphatic carbocycles. The molecule has 2 rings (SSSR count). The van der Waals surface area contributed by atoms with Crippen molar-refractivity contribution in [1.29, 1.82) is 0 Å².